The van der Waals surface area contributed by atoms with Gasteiger partial charge in [0.1, 0.15) is 18.0 Å². The van der Waals surface area contributed by atoms with Crippen molar-refractivity contribution in [1.82, 2.24) is 24.6 Å². The highest BCUT2D eigenvalue weighted by atomic mass is 32.2. The van der Waals surface area contributed by atoms with Gasteiger partial charge in [-0.1, -0.05) is 28.8 Å². The van der Waals surface area contributed by atoms with Crippen molar-refractivity contribution in [2.45, 2.75) is 43.4 Å². The second-order valence-electron chi connectivity index (χ2n) is 8.83. The van der Waals surface area contributed by atoms with E-state index in [9.17, 15) is 19.5 Å². The van der Waals surface area contributed by atoms with Crippen LogP contribution >= 0.6 is 35.1 Å². The molecule has 18 heteroatoms. The third kappa shape index (κ3) is 5.81. The summed E-state index contributed by atoms with van der Waals surface area (Å²) >= 11 is 3.33. The van der Waals surface area contributed by atoms with Crippen molar-refractivity contribution < 1.29 is 28.9 Å². The molecule has 3 atom stereocenters. The maximum atomic E-state index is 13.0. The van der Waals surface area contributed by atoms with Crippen LogP contribution in [0.25, 0.3) is 0 Å². The van der Waals surface area contributed by atoms with Crippen LogP contribution in [0.15, 0.2) is 16.4 Å². The normalized spacial score (nSPS) is 22.7. The number of carbonyl (C=O) groups excluding carboxylic acids is 3. The Balaban J connectivity index is 1.46. The van der Waals surface area contributed by atoms with Gasteiger partial charge >= 0.3 is 5.16 Å². The number of nitrogen functional groups attached to an aromatic ring is 3. The lowest BCUT2D eigenvalue weighted by atomic mass is 9.89. The van der Waals surface area contributed by atoms with Crippen molar-refractivity contribution in [1.29, 1.82) is 0 Å². The molecule has 2 amide bonds. The Kier molecular flexibility index (Phi) is 8.65. The predicted octanol–water partition coefficient (Wildman–Crippen LogP) is -1.95. The van der Waals surface area contributed by atoms with Crippen molar-refractivity contribution >= 4 is 75.3 Å². The van der Waals surface area contributed by atoms with E-state index >= 15 is 0 Å². The highest BCUT2D eigenvalue weighted by Gasteiger charge is 2.56. The molecule has 0 bridgehead atoms. The second kappa shape index (κ2) is 11.8. The first-order valence-electron chi connectivity index (χ1n) is 11.9. The van der Waals surface area contributed by atoms with Gasteiger partial charge in [-0.2, -0.15) is 9.36 Å². The van der Waals surface area contributed by atoms with Gasteiger partial charge in [-0.15, -0.1) is 11.8 Å². The first-order valence-corrected chi connectivity index (χ1v) is 14.7. The summed E-state index contributed by atoms with van der Waals surface area (Å²) in [7, 11) is 0. The monoisotopic (exact) mass is 596 g/mol. The number of nitrogens with zero attached hydrogens (tertiary/aromatic N) is 6. The molecule has 2 aliphatic heterocycles. The van der Waals surface area contributed by atoms with E-state index in [-0.39, 0.29) is 47.1 Å². The zero-order valence-corrected chi connectivity index (χ0v) is 23.6. The van der Waals surface area contributed by atoms with Gasteiger partial charge in [0, 0.05) is 35.0 Å². The van der Waals surface area contributed by atoms with Crippen molar-refractivity contribution in [2.75, 3.05) is 41.9 Å². The van der Waals surface area contributed by atoms with Crippen LogP contribution in [0.1, 0.15) is 26.1 Å². The minimum Gasteiger partial charge on any atom is -0.549 e. The SMILES string of the molecule is CCC[n+]1c(N)cc(N)nc1SCC1(C(=O)[O-])CS[C@@H]2C(NC(=O)C(=NOCC)c3nsc(N)n3)C(=O)N2C1. The van der Waals surface area contributed by atoms with E-state index < -0.39 is 34.6 Å². The van der Waals surface area contributed by atoms with Crippen molar-refractivity contribution in [3.05, 3.63) is 11.9 Å². The van der Waals surface area contributed by atoms with Gasteiger partial charge in [-0.25, -0.2) is 4.57 Å². The van der Waals surface area contributed by atoms with Crippen LogP contribution in [0.2, 0.25) is 0 Å². The molecule has 7 N–H and O–H groups in total. The first kappa shape index (κ1) is 28.6. The molecule has 0 saturated carbocycles. The number of aromatic nitrogens is 4. The molecule has 4 heterocycles. The molecule has 0 radical (unpaired) electrons. The lowest BCUT2D eigenvalue weighted by Gasteiger charge is -2.55. The van der Waals surface area contributed by atoms with E-state index in [1.54, 1.807) is 17.6 Å². The standard InChI is InChI=1S/C21H28N10O5S3/c1-3-5-30-11(23)6-10(22)25-20(30)38-9-21(18(34)35)7-31-16(33)13(17(31)37-8-21)26-15(32)12(28-36-4-2)14-27-19(24)39-29-14/h6,13,17H,3-5,7-9H2,1-2H3,(H7,22,23,24,26,27,29,32,34,35)/t13?,17-,21?/m1/s1. The number of fused-ring (bicyclic) bond motifs is 1. The minimum absolute atomic E-state index is 0.0209. The number of rotatable bonds is 11. The Hall–Kier alpha value is -3.38. The third-order valence-electron chi connectivity index (χ3n) is 6.01. The molecule has 2 saturated heterocycles. The molecule has 2 aromatic heterocycles. The Bertz CT molecular complexity index is 1310. The molecular weight excluding hydrogens is 568 g/mol. The molecule has 0 aromatic carbocycles. The zero-order chi connectivity index (χ0) is 28.3. The number of carbonyl (C=O) groups is 3. The van der Waals surface area contributed by atoms with Gasteiger partial charge < -0.3 is 42.2 Å². The maximum Gasteiger partial charge on any atom is 0.300 e. The van der Waals surface area contributed by atoms with Crippen LogP contribution in [0.4, 0.5) is 16.8 Å². The summed E-state index contributed by atoms with van der Waals surface area (Å²) in [6.07, 6.45) is 0.787. The van der Waals surface area contributed by atoms with E-state index in [0.717, 1.165) is 18.0 Å². The smallest absolute Gasteiger partial charge is 0.300 e. The fourth-order valence-electron chi connectivity index (χ4n) is 4.06. The van der Waals surface area contributed by atoms with Crippen molar-refractivity contribution in [3.63, 3.8) is 0 Å². The third-order valence-corrected chi connectivity index (χ3v) is 9.40. The molecule has 15 nitrogen and oxygen atoms in total. The fraction of sp³-hybridized carbons (Fsp3) is 0.524. The number of thioether (sulfide) groups is 2. The molecule has 0 aliphatic carbocycles. The summed E-state index contributed by atoms with van der Waals surface area (Å²) in [5, 5.41) is 18.9. The van der Waals surface area contributed by atoms with Gasteiger partial charge in [0.25, 0.3) is 5.91 Å². The highest BCUT2D eigenvalue weighted by molar-refractivity contribution is 8.00. The number of amides is 2. The number of nitrogens with one attached hydrogen (secondary N) is 1. The zero-order valence-electron chi connectivity index (χ0n) is 21.2. The van der Waals surface area contributed by atoms with Crippen LogP contribution < -0.4 is 32.2 Å². The van der Waals surface area contributed by atoms with E-state index in [4.69, 9.17) is 22.0 Å². The van der Waals surface area contributed by atoms with Gasteiger partial charge in [0.2, 0.25) is 29.1 Å². The molecule has 2 fully saturated rings. The number of β-lactam (4-membered cyclic amide) rings is 1. The number of hydrogen-bond donors (Lipinski definition) is 4. The van der Waals surface area contributed by atoms with Crippen molar-refractivity contribution in [3.8, 4) is 0 Å². The van der Waals surface area contributed by atoms with E-state index in [2.05, 4.69) is 24.8 Å². The lowest BCUT2D eigenvalue weighted by molar-refractivity contribution is -0.723. The van der Waals surface area contributed by atoms with Crippen LogP contribution in [-0.2, 0) is 25.8 Å². The molecule has 0 spiro atoms. The second-order valence-corrected chi connectivity index (χ2v) is 11.7. The van der Waals surface area contributed by atoms with Crippen LogP contribution in [-0.4, -0.2) is 78.8 Å². The summed E-state index contributed by atoms with van der Waals surface area (Å²) in [4.78, 5) is 53.1. The average molecular weight is 597 g/mol. The Morgan fingerprint density at radius 1 is 1.36 bits per heavy atom. The molecule has 2 unspecified atom stereocenters. The summed E-state index contributed by atoms with van der Waals surface area (Å²) < 4.78 is 5.76. The fourth-order valence-corrected chi connectivity index (χ4v) is 7.39. The topological polar surface area (TPSA) is 232 Å². The van der Waals surface area contributed by atoms with E-state index in [0.29, 0.717) is 17.5 Å². The number of nitrogens with two attached hydrogens (primary N) is 3. The highest BCUT2D eigenvalue weighted by Crippen LogP contribution is 2.44. The van der Waals surface area contributed by atoms with Crippen LogP contribution in [0.5, 0.6) is 0 Å². The lowest BCUT2D eigenvalue weighted by Crippen LogP contribution is -2.75. The number of oxime groups is 1. The summed E-state index contributed by atoms with van der Waals surface area (Å²) in [5.41, 5.74) is 16.0. The summed E-state index contributed by atoms with van der Waals surface area (Å²) in [5.74, 6) is -1.56. The Morgan fingerprint density at radius 3 is 2.77 bits per heavy atom. The minimum atomic E-state index is -1.36. The Morgan fingerprint density at radius 2 is 2.13 bits per heavy atom. The van der Waals surface area contributed by atoms with E-state index in [1.165, 1.54) is 28.4 Å². The van der Waals surface area contributed by atoms with Crippen LogP contribution in [0, 0.1) is 5.41 Å². The molecule has 2 aliphatic rings. The number of anilines is 3. The number of hydrogen-bond acceptors (Lipinski definition) is 15. The number of carboxylic acid groups (broad SMARTS) is 1. The molecule has 4 rings (SSSR count). The van der Waals surface area contributed by atoms with Crippen LogP contribution in [0.3, 0.4) is 0 Å². The quantitative estimate of drug-likeness (QED) is 0.0552. The summed E-state index contributed by atoms with van der Waals surface area (Å²) in [6, 6.07) is 0.659. The van der Waals surface area contributed by atoms with Gasteiger partial charge in [0.05, 0.1) is 18.6 Å². The molecule has 210 valence electrons. The molecule has 2 aromatic rings. The summed E-state index contributed by atoms with van der Waals surface area (Å²) in [6.45, 7) is 4.37. The van der Waals surface area contributed by atoms with Crippen molar-refractivity contribution in [2.24, 2.45) is 10.6 Å². The van der Waals surface area contributed by atoms with E-state index in [1.807, 2.05) is 6.92 Å². The number of carboxylic acids is 1. The van der Waals surface area contributed by atoms with Gasteiger partial charge in [-0.3, -0.25) is 9.59 Å². The predicted molar refractivity (Wildman–Crippen MR) is 144 cm³/mol. The first-order chi connectivity index (χ1) is 18.6. The maximum absolute atomic E-state index is 13.0. The average Bonchev–Trinajstić information content (AvgIpc) is 3.33. The van der Waals surface area contributed by atoms with Gasteiger partial charge in [-0.05, 0) is 13.3 Å². The largest absolute Gasteiger partial charge is 0.549 e. The Labute approximate surface area is 236 Å². The van der Waals surface area contributed by atoms with Gasteiger partial charge in [0.15, 0.2) is 5.13 Å². The number of aliphatic carboxylic acids is 1. The molecular formula is C21H28N10O5S3. The molecule has 39 heavy (non-hydrogen) atoms.